The van der Waals surface area contributed by atoms with Crippen LogP contribution in [0.3, 0.4) is 0 Å². The van der Waals surface area contributed by atoms with E-state index in [1.807, 2.05) is 12.3 Å². The second-order valence-electron chi connectivity index (χ2n) is 9.09. The molecule has 2 aromatic carbocycles. The summed E-state index contributed by atoms with van der Waals surface area (Å²) in [5.74, 6) is 2.77. The number of aromatic nitrogens is 1. The van der Waals surface area contributed by atoms with Gasteiger partial charge in [-0.1, -0.05) is 92.8 Å². The molecule has 2 atom stereocenters. The van der Waals surface area contributed by atoms with Crippen molar-refractivity contribution in [1.82, 2.24) is 4.98 Å². The van der Waals surface area contributed by atoms with Crippen LogP contribution in [0.5, 0.6) is 0 Å². The molecule has 3 aromatic rings. The Morgan fingerprint density at radius 1 is 0.586 bits per heavy atom. The van der Waals surface area contributed by atoms with E-state index in [9.17, 15) is 0 Å². The molecule has 1 heterocycles. The number of pyridine rings is 1. The molecule has 1 nitrogen and oxygen atoms in total. The van der Waals surface area contributed by atoms with Gasteiger partial charge in [0.05, 0.1) is 5.69 Å². The minimum Gasteiger partial charge on any atom is -0.256 e. The van der Waals surface area contributed by atoms with Crippen LogP contribution in [-0.4, -0.2) is 4.98 Å². The zero-order chi connectivity index (χ0) is 19.5. The van der Waals surface area contributed by atoms with Gasteiger partial charge in [-0.2, -0.15) is 0 Å². The van der Waals surface area contributed by atoms with Crippen LogP contribution in [0.4, 0.5) is 0 Å². The molecular formula is C28H31N. The van der Waals surface area contributed by atoms with Crippen molar-refractivity contribution >= 4 is 0 Å². The summed E-state index contributed by atoms with van der Waals surface area (Å²) in [5.41, 5.74) is 6.21. The first kappa shape index (κ1) is 18.6. The van der Waals surface area contributed by atoms with Crippen LogP contribution in [0.2, 0.25) is 0 Å². The van der Waals surface area contributed by atoms with Crippen LogP contribution >= 0.6 is 0 Å². The fourth-order valence-corrected chi connectivity index (χ4v) is 5.64. The van der Waals surface area contributed by atoms with Crippen molar-refractivity contribution in [2.24, 2.45) is 11.8 Å². The van der Waals surface area contributed by atoms with Crippen molar-refractivity contribution in [3.63, 3.8) is 0 Å². The van der Waals surface area contributed by atoms with Gasteiger partial charge in [0.15, 0.2) is 0 Å². The van der Waals surface area contributed by atoms with Crippen molar-refractivity contribution in [2.75, 3.05) is 0 Å². The molecule has 148 valence electrons. The summed E-state index contributed by atoms with van der Waals surface area (Å²) in [4.78, 5) is 4.69. The highest BCUT2D eigenvalue weighted by Crippen LogP contribution is 2.45. The lowest BCUT2D eigenvalue weighted by molar-refractivity contribution is 0.250. The SMILES string of the molecule is c1ccc(-c2ccc(-c3ccc(C4CCC(C5CCCCC5)C4)cc3)cn2)cc1. The van der Waals surface area contributed by atoms with Gasteiger partial charge in [-0.05, 0) is 54.2 Å². The summed E-state index contributed by atoms with van der Waals surface area (Å²) in [6.07, 6.45) is 13.6. The van der Waals surface area contributed by atoms with Gasteiger partial charge < -0.3 is 0 Å². The van der Waals surface area contributed by atoms with Gasteiger partial charge >= 0.3 is 0 Å². The maximum atomic E-state index is 4.69. The normalized spacial score (nSPS) is 22.6. The average Bonchev–Trinajstić information content (AvgIpc) is 3.31. The van der Waals surface area contributed by atoms with Crippen molar-refractivity contribution < 1.29 is 0 Å². The Hall–Kier alpha value is -2.41. The smallest absolute Gasteiger partial charge is 0.0702 e. The number of hydrogen-bond acceptors (Lipinski definition) is 1. The molecule has 2 saturated carbocycles. The molecule has 0 amide bonds. The van der Waals surface area contributed by atoms with Crippen molar-refractivity contribution in [3.8, 4) is 22.4 Å². The Morgan fingerprint density at radius 2 is 1.34 bits per heavy atom. The molecule has 0 aliphatic heterocycles. The lowest BCUT2D eigenvalue weighted by atomic mass is 9.78. The van der Waals surface area contributed by atoms with E-state index in [0.29, 0.717) is 0 Å². The third kappa shape index (κ3) is 4.15. The second kappa shape index (κ2) is 8.53. The predicted molar refractivity (Wildman–Crippen MR) is 122 cm³/mol. The van der Waals surface area contributed by atoms with E-state index in [2.05, 4.69) is 65.6 Å². The van der Waals surface area contributed by atoms with Gasteiger partial charge in [-0.15, -0.1) is 0 Å². The predicted octanol–water partition coefficient (Wildman–Crippen LogP) is 7.88. The Morgan fingerprint density at radius 3 is 2.07 bits per heavy atom. The van der Waals surface area contributed by atoms with E-state index in [1.165, 1.54) is 68.1 Å². The molecule has 1 aromatic heterocycles. The monoisotopic (exact) mass is 381 g/mol. The van der Waals surface area contributed by atoms with Crippen LogP contribution in [0.25, 0.3) is 22.4 Å². The third-order valence-corrected chi connectivity index (χ3v) is 7.34. The Labute approximate surface area is 175 Å². The van der Waals surface area contributed by atoms with Gasteiger partial charge in [0.2, 0.25) is 0 Å². The van der Waals surface area contributed by atoms with Gasteiger partial charge in [-0.25, -0.2) is 0 Å². The quantitative estimate of drug-likeness (QED) is 0.448. The molecule has 1 heteroatoms. The molecule has 0 bridgehead atoms. The molecule has 0 N–H and O–H groups in total. The van der Waals surface area contributed by atoms with Crippen molar-refractivity contribution in [1.29, 1.82) is 0 Å². The Bertz CT molecular complexity index is 905. The minimum atomic E-state index is 0.773. The molecule has 0 saturated heterocycles. The fourth-order valence-electron chi connectivity index (χ4n) is 5.64. The zero-order valence-corrected chi connectivity index (χ0v) is 17.3. The van der Waals surface area contributed by atoms with Gasteiger partial charge in [0, 0.05) is 17.3 Å². The number of nitrogens with zero attached hydrogens (tertiary/aromatic N) is 1. The molecule has 2 unspecified atom stereocenters. The van der Waals surface area contributed by atoms with E-state index in [-0.39, 0.29) is 0 Å². The zero-order valence-electron chi connectivity index (χ0n) is 17.3. The lowest BCUT2D eigenvalue weighted by Gasteiger charge is -2.27. The first-order valence-corrected chi connectivity index (χ1v) is 11.5. The van der Waals surface area contributed by atoms with Gasteiger partial charge in [0.25, 0.3) is 0 Å². The van der Waals surface area contributed by atoms with Gasteiger partial charge in [-0.3, -0.25) is 4.98 Å². The van der Waals surface area contributed by atoms with E-state index >= 15 is 0 Å². The topological polar surface area (TPSA) is 12.9 Å². The summed E-state index contributed by atoms with van der Waals surface area (Å²) in [7, 11) is 0. The fraction of sp³-hybridized carbons (Fsp3) is 0.393. The molecule has 2 fully saturated rings. The standard InChI is InChI=1S/C28H31N/c1-3-7-21(8-4-1)25-15-16-26(19-25)22-11-13-23(14-12-22)27-17-18-28(29-20-27)24-9-5-2-6-10-24/h2,5-6,9-14,17-18,20-21,25-26H,1,3-4,7-8,15-16,19H2. The summed E-state index contributed by atoms with van der Waals surface area (Å²) < 4.78 is 0. The Kier molecular flexibility index (Phi) is 5.47. The summed E-state index contributed by atoms with van der Waals surface area (Å²) in [6.45, 7) is 0. The molecule has 2 aliphatic rings. The summed E-state index contributed by atoms with van der Waals surface area (Å²) >= 11 is 0. The Balaban J connectivity index is 1.26. The number of hydrogen-bond donors (Lipinski definition) is 0. The van der Waals surface area contributed by atoms with Crippen LogP contribution in [0.1, 0.15) is 62.8 Å². The van der Waals surface area contributed by atoms with E-state index in [1.54, 1.807) is 5.56 Å². The summed E-state index contributed by atoms with van der Waals surface area (Å²) in [6, 6.07) is 24.0. The molecule has 5 rings (SSSR count). The number of benzene rings is 2. The van der Waals surface area contributed by atoms with Crippen molar-refractivity contribution in [3.05, 3.63) is 78.5 Å². The molecule has 0 spiro atoms. The average molecular weight is 382 g/mol. The maximum absolute atomic E-state index is 4.69. The third-order valence-electron chi connectivity index (χ3n) is 7.34. The van der Waals surface area contributed by atoms with Crippen LogP contribution in [0.15, 0.2) is 72.9 Å². The van der Waals surface area contributed by atoms with Crippen LogP contribution in [-0.2, 0) is 0 Å². The molecular weight excluding hydrogens is 350 g/mol. The number of rotatable bonds is 4. The summed E-state index contributed by atoms with van der Waals surface area (Å²) in [5, 5.41) is 0. The second-order valence-corrected chi connectivity index (χ2v) is 9.09. The van der Waals surface area contributed by atoms with E-state index in [4.69, 9.17) is 0 Å². The van der Waals surface area contributed by atoms with Crippen molar-refractivity contribution in [2.45, 2.75) is 57.3 Å². The minimum absolute atomic E-state index is 0.773. The molecule has 0 radical (unpaired) electrons. The van der Waals surface area contributed by atoms with Crippen LogP contribution < -0.4 is 0 Å². The van der Waals surface area contributed by atoms with Gasteiger partial charge in [0.1, 0.15) is 0 Å². The molecule has 29 heavy (non-hydrogen) atoms. The highest BCUT2D eigenvalue weighted by Gasteiger charge is 2.32. The lowest BCUT2D eigenvalue weighted by Crippen LogP contribution is -2.15. The van der Waals surface area contributed by atoms with Crippen LogP contribution in [0, 0.1) is 11.8 Å². The first-order valence-electron chi connectivity index (χ1n) is 11.5. The largest absolute Gasteiger partial charge is 0.256 e. The molecule has 2 aliphatic carbocycles. The first-order chi connectivity index (χ1) is 14.4. The highest BCUT2D eigenvalue weighted by molar-refractivity contribution is 5.67. The highest BCUT2D eigenvalue weighted by atomic mass is 14.7. The maximum Gasteiger partial charge on any atom is 0.0702 e. The van der Waals surface area contributed by atoms with E-state index < -0.39 is 0 Å². The van der Waals surface area contributed by atoms with E-state index in [0.717, 1.165) is 23.4 Å².